The largest absolute Gasteiger partial charge is 0.475 e. The molecule has 15 heavy (non-hydrogen) atoms. The number of aromatic nitrogens is 3. The molecule has 0 atom stereocenters. The number of carboxylic acid groups (broad SMARTS) is 1. The van der Waals surface area contributed by atoms with E-state index in [0.29, 0.717) is 11.3 Å². The predicted molar refractivity (Wildman–Crippen MR) is 45.8 cm³/mol. The second-order valence-electron chi connectivity index (χ2n) is 2.64. The van der Waals surface area contributed by atoms with Crippen molar-refractivity contribution in [2.45, 2.75) is 0 Å². The maximum absolute atomic E-state index is 10.5. The van der Waals surface area contributed by atoms with Gasteiger partial charge in [0.25, 0.3) is 11.7 Å². The minimum absolute atomic E-state index is 0.0360. The summed E-state index contributed by atoms with van der Waals surface area (Å²) in [6, 6.07) is 3.39. The summed E-state index contributed by atoms with van der Waals surface area (Å²) in [5.41, 5.74) is 0.812. The van der Waals surface area contributed by atoms with Crippen LogP contribution in [0.15, 0.2) is 16.8 Å². The number of H-pyrrole nitrogens is 1. The van der Waals surface area contributed by atoms with Gasteiger partial charge in [0.05, 0.1) is 5.56 Å². The molecular weight excluding hydrogens is 200 g/mol. The SMILES string of the molecule is N#Cc1c[nH]c(-c2nc(C(=O)O)no2)c1. The molecule has 0 saturated carbocycles. The molecular formula is C8H4N4O3. The van der Waals surface area contributed by atoms with E-state index in [1.807, 2.05) is 6.07 Å². The topological polar surface area (TPSA) is 116 Å². The van der Waals surface area contributed by atoms with Crippen molar-refractivity contribution in [1.82, 2.24) is 15.1 Å². The predicted octanol–water partition coefficient (Wildman–Crippen LogP) is 0.635. The Morgan fingerprint density at radius 1 is 1.67 bits per heavy atom. The van der Waals surface area contributed by atoms with Crippen molar-refractivity contribution in [1.29, 1.82) is 5.26 Å². The summed E-state index contributed by atoms with van der Waals surface area (Å²) in [4.78, 5) is 16.8. The quantitative estimate of drug-likeness (QED) is 0.741. The highest BCUT2D eigenvalue weighted by Crippen LogP contribution is 2.16. The first-order chi connectivity index (χ1) is 7.20. The van der Waals surface area contributed by atoms with E-state index in [0.717, 1.165) is 0 Å². The molecule has 2 heterocycles. The van der Waals surface area contributed by atoms with Gasteiger partial charge in [-0.15, -0.1) is 0 Å². The molecule has 0 unspecified atom stereocenters. The maximum Gasteiger partial charge on any atom is 0.377 e. The van der Waals surface area contributed by atoms with Gasteiger partial charge < -0.3 is 14.6 Å². The number of carboxylic acids is 1. The van der Waals surface area contributed by atoms with Crippen LogP contribution in [0.5, 0.6) is 0 Å². The third-order valence-electron chi connectivity index (χ3n) is 1.66. The van der Waals surface area contributed by atoms with Crippen LogP contribution in [0.25, 0.3) is 11.6 Å². The number of aromatic carboxylic acids is 1. The van der Waals surface area contributed by atoms with Gasteiger partial charge in [-0.2, -0.15) is 10.2 Å². The van der Waals surface area contributed by atoms with Crippen molar-refractivity contribution in [3.8, 4) is 17.7 Å². The molecule has 0 saturated heterocycles. The number of nitrogens with one attached hydrogen (secondary N) is 1. The van der Waals surface area contributed by atoms with Gasteiger partial charge in [-0.25, -0.2) is 4.79 Å². The molecule has 0 aliphatic rings. The number of carbonyl (C=O) groups is 1. The average molecular weight is 204 g/mol. The highest BCUT2D eigenvalue weighted by atomic mass is 16.5. The zero-order valence-corrected chi connectivity index (χ0v) is 7.26. The zero-order valence-electron chi connectivity index (χ0n) is 7.26. The van der Waals surface area contributed by atoms with Crippen LogP contribution in [0.3, 0.4) is 0 Å². The Morgan fingerprint density at radius 3 is 3.00 bits per heavy atom. The molecule has 7 nitrogen and oxygen atoms in total. The van der Waals surface area contributed by atoms with E-state index in [2.05, 4.69) is 19.6 Å². The number of nitriles is 1. The summed E-state index contributed by atoms with van der Waals surface area (Å²) >= 11 is 0. The molecule has 0 fully saturated rings. The Kier molecular flexibility index (Phi) is 1.95. The average Bonchev–Trinajstić information content (AvgIpc) is 2.86. The Hall–Kier alpha value is -2.62. The number of rotatable bonds is 2. The fourth-order valence-electron chi connectivity index (χ4n) is 1.00. The monoisotopic (exact) mass is 204 g/mol. The first-order valence-electron chi connectivity index (χ1n) is 3.86. The molecule has 0 radical (unpaired) electrons. The van der Waals surface area contributed by atoms with E-state index in [1.54, 1.807) is 0 Å². The Labute approximate surface area is 83.0 Å². The molecule has 2 aromatic heterocycles. The molecule has 2 aromatic rings. The molecule has 7 heteroatoms. The molecule has 0 amide bonds. The van der Waals surface area contributed by atoms with Crippen molar-refractivity contribution >= 4 is 5.97 Å². The summed E-state index contributed by atoms with van der Waals surface area (Å²) in [7, 11) is 0. The van der Waals surface area contributed by atoms with Crippen molar-refractivity contribution in [3.63, 3.8) is 0 Å². The van der Waals surface area contributed by atoms with Crippen molar-refractivity contribution in [2.75, 3.05) is 0 Å². The lowest BCUT2D eigenvalue weighted by molar-refractivity contribution is 0.0680. The summed E-state index contributed by atoms with van der Waals surface area (Å²) in [6.07, 6.45) is 1.46. The van der Waals surface area contributed by atoms with Crippen LogP contribution in [-0.2, 0) is 0 Å². The third kappa shape index (κ3) is 1.55. The van der Waals surface area contributed by atoms with E-state index in [1.165, 1.54) is 12.3 Å². The highest BCUT2D eigenvalue weighted by molar-refractivity contribution is 5.83. The molecule has 0 spiro atoms. The number of nitrogens with zero attached hydrogens (tertiary/aromatic N) is 3. The van der Waals surface area contributed by atoms with E-state index in [4.69, 9.17) is 10.4 Å². The first kappa shape index (κ1) is 8.96. The van der Waals surface area contributed by atoms with E-state index >= 15 is 0 Å². The van der Waals surface area contributed by atoms with Gasteiger partial charge in [-0.1, -0.05) is 0 Å². The second kappa shape index (κ2) is 3.26. The van der Waals surface area contributed by atoms with Crippen molar-refractivity contribution in [2.24, 2.45) is 0 Å². The van der Waals surface area contributed by atoms with Gasteiger partial charge in [-0.05, 0) is 11.2 Å². The second-order valence-corrected chi connectivity index (χ2v) is 2.64. The lowest BCUT2D eigenvalue weighted by atomic mass is 10.3. The van der Waals surface area contributed by atoms with Crippen LogP contribution in [-0.4, -0.2) is 26.2 Å². The van der Waals surface area contributed by atoms with Gasteiger partial charge in [0.2, 0.25) is 0 Å². The molecule has 2 N–H and O–H groups in total. The van der Waals surface area contributed by atoms with Crippen LogP contribution in [0.1, 0.15) is 16.2 Å². The number of hydrogen-bond donors (Lipinski definition) is 2. The molecule has 74 valence electrons. The fraction of sp³-hybridized carbons (Fsp3) is 0. The summed E-state index contributed by atoms with van der Waals surface area (Å²) in [6.45, 7) is 0. The van der Waals surface area contributed by atoms with Crippen LogP contribution in [0.4, 0.5) is 0 Å². The smallest absolute Gasteiger partial charge is 0.377 e. The lowest BCUT2D eigenvalue weighted by Gasteiger charge is -1.83. The first-order valence-corrected chi connectivity index (χ1v) is 3.86. The minimum Gasteiger partial charge on any atom is -0.475 e. The third-order valence-corrected chi connectivity index (χ3v) is 1.66. The van der Waals surface area contributed by atoms with E-state index < -0.39 is 11.8 Å². The Morgan fingerprint density at radius 2 is 2.47 bits per heavy atom. The van der Waals surface area contributed by atoms with Crippen LogP contribution < -0.4 is 0 Å². The Balaban J connectivity index is 2.38. The summed E-state index contributed by atoms with van der Waals surface area (Å²) in [5.74, 6) is -1.65. The minimum atomic E-state index is -1.27. The van der Waals surface area contributed by atoms with Gasteiger partial charge in [-0.3, -0.25) is 0 Å². The molecule has 0 aromatic carbocycles. The summed E-state index contributed by atoms with van der Waals surface area (Å²) in [5, 5.41) is 20.3. The molecule has 0 bridgehead atoms. The van der Waals surface area contributed by atoms with E-state index in [9.17, 15) is 4.79 Å². The van der Waals surface area contributed by atoms with Crippen LogP contribution in [0, 0.1) is 11.3 Å². The molecule has 0 aliphatic heterocycles. The highest BCUT2D eigenvalue weighted by Gasteiger charge is 2.15. The van der Waals surface area contributed by atoms with Gasteiger partial charge in [0.1, 0.15) is 11.8 Å². The fourth-order valence-corrected chi connectivity index (χ4v) is 1.00. The Bertz CT molecular complexity index is 548. The standard InChI is InChI=1S/C8H4N4O3/c9-2-4-1-5(10-3-4)7-11-6(8(13)14)12-15-7/h1,3,10H,(H,13,14). The summed E-state index contributed by atoms with van der Waals surface area (Å²) < 4.78 is 4.69. The number of aromatic amines is 1. The van der Waals surface area contributed by atoms with E-state index in [-0.39, 0.29) is 5.89 Å². The van der Waals surface area contributed by atoms with Crippen LogP contribution >= 0.6 is 0 Å². The number of hydrogen-bond acceptors (Lipinski definition) is 5. The molecule has 0 aliphatic carbocycles. The van der Waals surface area contributed by atoms with Gasteiger partial charge in [0, 0.05) is 6.20 Å². The van der Waals surface area contributed by atoms with Gasteiger partial charge in [0.15, 0.2) is 0 Å². The normalized spacial score (nSPS) is 9.80. The molecule has 2 rings (SSSR count). The van der Waals surface area contributed by atoms with Gasteiger partial charge >= 0.3 is 5.97 Å². The zero-order chi connectivity index (χ0) is 10.8. The lowest BCUT2D eigenvalue weighted by Crippen LogP contribution is -1.98. The van der Waals surface area contributed by atoms with Crippen molar-refractivity contribution in [3.05, 3.63) is 23.7 Å². The maximum atomic E-state index is 10.5. The van der Waals surface area contributed by atoms with Crippen molar-refractivity contribution < 1.29 is 14.4 Å². The van der Waals surface area contributed by atoms with Crippen LogP contribution in [0.2, 0.25) is 0 Å².